The van der Waals surface area contributed by atoms with Crippen LogP contribution in [0.3, 0.4) is 0 Å². The van der Waals surface area contributed by atoms with Gasteiger partial charge in [-0.3, -0.25) is 9.48 Å². The number of hydrogen-bond acceptors (Lipinski definition) is 3. The zero-order chi connectivity index (χ0) is 11.4. The molecule has 1 aromatic heterocycles. The highest BCUT2D eigenvalue weighted by atomic mass is 16.1. The van der Waals surface area contributed by atoms with E-state index in [4.69, 9.17) is 0 Å². The Balaban J connectivity index is 2.41. The molecule has 4 heteroatoms. The fourth-order valence-corrected chi connectivity index (χ4v) is 1.54. The number of aldehydes is 2. The Morgan fingerprint density at radius 2 is 2.06 bits per heavy atom. The molecule has 1 aromatic carbocycles. The summed E-state index contributed by atoms with van der Waals surface area (Å²) in [4.78, 5) is 21.2. The number of benzene rings is 1. The van der Waals surface area contributed by atoms with Crippen LogP contribution in [0.25, 0.3) is 11.1 Å². The fraction of sp³-hybridized carbons (Fsp3) is 0.0833. The first kappa shape index (κ1) is 10.3. The Labute approximate surface area is 92.5 Å². The van der Waals surface area contributed by atoms with Gasteiger partial charge in [0.25, 0.3) is 0 Å². The molecule has 0 saturated carbocycles. The number of carbonyl (C=O) groups excluding carboxylic acids is 2. The molecule has 0 amide bonds. The van der Waals surface area contributed by atoms with Crippen LogP contribution in [-0.4, -0.2) is 22.4 Å². The number of nitrogens with zero attached hydrogens (tertiary/aromatic N) is 2. The maximum atomic E-state index is 10.8. The predicted molar refractivity (Wildman–Crippen MR) is 59.1 cm³/mol. The van der Waals surface area contributed by atoms with E-state index in [-0.39, 0.29) is 6.54 Å². The quantitative estimate of drug-likeness (QED) is 0.726. The van der Waals surface area contributed by atoms with Gasteiger partial charge in [-0.1, -0.05) is 24.3 Å². The first-order chi connectivity index (χ1) is 7.85. The van der Waals surface area contributed by atoms with Crippen molar-refractivity contribution in [3.05, 3.63) is 42.2 Å². The van der Waals surface area contributed by atoms with E-state index in [1.165, 1.54) is 4.68 Å². The van der Waals surface area contributed by atoms with Crippen LogP contribution in [0.1, 0.15) is 10.4 Å². The van der Waals surface area contributed by atoms with Gasteiger partial charge < -0.3 is 4.79 Å². The Hall–Kier alpha value is -2.23. The molecule has 0 aliphatic carbocycles. The van der Waals surface area contributed by atoms with E-state index >= 15 is 0 Å². The van der Waals surface area contributed by atoms with Crippen LogP contribution in [-0.2, 0) is 11.3 Å². The molecule has 0 N–H and O–H groups in total. The minimum atomic E-state index is 0.225. The average Bonchev–Trinajstić information content (AvgIpc) is 2.78. The van der Waals surface area contributed by atoms with E-state index < -0.39 is 0 Å². The lowest BCUT2D eigenvalue weighted by Gasteiger charge is -1.99. The third kappa shape index (κ3) is 1.91. The molecule has 0 aliphatic heterocycles. The van der Waals surface area contributed by atoms with Gasteiger partial charge in [-0.25, -0.2) is 0 Å². The number of hydrogen-bond donors (Lipinski definition) is 0. The number of rotatable bonds is 4. The maximum Gasteiger partial charge on any atom is 0.150 e. The van der Waals surface area contributed by atoms with Crippen molar-refractivity contribution in [1.82, 2.24) is 9.78 Å². The van der Waals surface area contributed by atoms with Gasteiger partial charge in [0.15, 0.2) is 6.29 Å². The van der Waals surface area contributed by atoms with Gasteiger partial charge in [-0.05, 0) is 5.56 Å². The van der Waals surface area contributed by atoms with Gasteiger partial charge in [-0.15, -0.1) is 0 Å². The minimum absolute atomic E-state index is 0.225. The molecule has 1 heterocycles. The summed E-state index contributed by atoms with van der Waals surface area (Å²) in [5.41, 5.74) is 2.28. The molecule has 4 nitrogen and oxygen atoms in total. The second-order valence-electron chi connectivity index (χ2n) is 3.32. The smallest absolute Gasteiger partial charge is 0.150 e. The molecule has 16 heavy (non-hydrogen) atoms. The molecule has 0 radical (unpaired) electrons. The SMILES string of the molecule is O=CCn1cc(-c2ccccc2C=O)cn1. The van der Waals surface area contributed by atoms with Crippen LogP contribution in [0.4, 0.5) is 0 Å². The van der Waals surface area contributed by atoms with Crippen molar-refractivity contribution < 1.29 is 9.59 Å². The van der Waals surface area contributed by atoms with E-state index in [1.54, 1.807) is 18.5 Å². The van der Waals surface area contributed by atoms with Crippen molar-refractivity contribution in [3.8, 4) is 11.1 Å². The largest absolute Gasteiger partial charge is 0.301 e. The summed E-state index contributed by atoms with van der Waals surface area (Å²) >= 11 is 0. The zero-order valence-corrected chi connectivity index (χ0v) is 8.54. The number of carbonyl (C=O) groups is 2. The topological polar surface area (TPSA) is 52.0 Å². The summed E-state index contributed by atoms with van der Waals surface area (Å²) in [6.45, 7) is 0.225. The third-order valence-corrected chi connectivity index (χ3v) is 2.29. The first-order valence-electron chi connectivity index (χ1n) is 4.86. The van der Waals surface area contributed by atoms with E-state index in [0.29, 0.717) is 5.56 Å². The Bertz CT molecular complexity index is 517. The van der Waals surface area contributed by atoms with E-state index in [0.717, 1.165) is 23.7 Å². The second-order valence-corrected chi connectivity index (χ2v) is 3.32. The number of aromatic nitrogens is 2. The molecule has 0 fully saturated rings. The monoisotopic (exact) mass is 214 g/mol. The van der Waals surface area contributed by atoms with Gasteiger partial charge in [0.05, 0.1) is 12.7 Å². The zero-order valence-electron chi connectivity index (χ0n) is 8.54. The van der Waals surface area contributed by atoms with Crippen LogP contribution >= 0.6 is 0 Å². The molecule has 0 atom stereocenters. The fourth-order valence-electron chi connectivity index (χ4n) is 1.54. The lowest BCUT2D eigenvalue weighted by molar-refractivity contribution is -0.108. The molecular formula is C12H10N2O2. The summed E-state index contributed by atoms with van der Waals surface area (Å²) in [7, 11) is 0. The molecule has 0 aliphatic rings. The minimum Gasteiger partial charge on any atom is -0.301 e. The Kier molecular flexibility index (Phi) is 2.91. The molecule has 0 saturated heterocycles. The average molecular weight is 214 g/mol. The molecule has 0 spiro atoms. The molecule has 0 unspecified atom stereocenters. The summed E-state index contributed by atoms with van der Waals surface area (Å²) < 4.78 is 1.53. The summed E-state index contributed by atoms with van der Waals surface area (Å²) in [5, 5.41) is 4.03. The van der Waals surface area contributed by atoms with Gasteiger partial charge in [-0.2, -0.15) is 5.10 Å². The van der Waals surface area contributed by atoms with E-state index in [2.05, 4.69) is 5.10 Å². The highest BCUT2D eigenvalue weighted by molar-refractivity contribution is 5.87. The van der Waals surface area contributed by atoms with Gasteiger partial charge in [0.2, 0.25) is 0 Å². The van der Waals surface area contributed by atoms with E-state index in [9.17, 15) is 9.59 Å². The summed E-state index contributed by atoms with van der Waals surface area (Å²) in [5.74, 6) is 0. The van der Waals surface area contributed by atoms with Crippen LogP contribution in [0.2, 0.25) is 0 Å². The second kappa shape index (κ2) is 4.53. The summed E-state index contributed by atoms with van der Waals surface area (Å²) in [6, 6.07) is 7.27. The van der Waals surface area contributed by atoms with Crippen molar-refractivity contribution in [3.63, 3.8) is 0 Å². The molecule has 0 bridgehead atoms. The third-order valence-electron chi connectivity index (χ3n) is 2.29. The van der Waals surface area contributed by atoms with Crippen LogP contribution in [0, 0.1) is 0 Å². The normalized spacial score (nSPS) is 10.0. The van der Waals surface area contributed by atoms with Crippen molar-refractivity contribution in [2.45, 2.75) is 6.54 Å². The first-order valence-corrected chi connectivity index (χ1v) is 4.86. The van der Waals surface area contributed by atoms with E-state index in [1.807, 2.05) is 18.2 Å². The van der Waals surface area contributed by atoms with Crippen LogP contribution < -0.4 is 0 Å². The highest BCUT2D eigenvalue weighted by Crippen LogP contribution is 2.21. The molecule has 2 rings (SSSR count). The van der Waals surface area contributed by atoms with Crippen LogP contribution in [0.15, 0.2) is 36.7 Å². The van der Waals surface area contributed by atoms with Gasteiger partial charge >= 0.3 is 0 Å². The predicted octanol–water partition coefficient (Wildman–Crippen LogP) is 1.56. The molecule has 2 aromatic rings. The lowest BCUT2D eigenvalue weighted by atomic mass is 10.0. The lowest BCUT2D eigenvalue weighted by Crippen LogP contribution is -1.97. The van der Waals surface area contributed by atoms with Crippen molar-refractivity contribution in [2.75, 3.05) is 0 Å². The standard InChI is InChI=1S/C12H10N2O2/c15-6-5-14-8-11(7-13-14)12-4-2-1-3-10(12)9-16/h1-4,6-9H,5H2. The van der Waals surface area contributed by atoms with Gasteiger partial charge in [0, 0.05) is 17.3 Å². The highest BCUT2D eigenvalue weighted by Gasteiger charge is 2.05. The van der Waals surface area contributed by atoms with Crippen LogP contribution in [0.5, 0.6) is 0 Å². The maximum absolute atomic E-state index is 10.8. The van der Waals surface area contributed by atoms with Crippen molar-refractivity contribution in [1.29, 1.82) is 0 Å². The van der Waals surface area contributed by atoms with Crippen molar-refractivity contribution >= 4 is 12.6 Å². The Morgan fingerprint density at radius 1 is 1.25 bits per heavy atom. The van der Waals surface area contributed by atoms with Gasteiger partial charge in [0.1, 0.15) is 6.29 Å². The molecular weight excluding hydrogens is 204 g/mol. The summed E-state index contributed by atoms with van der Waals surface area (Å²) in [6.07, 6.45) is 4.98. The Morgan fingerprint density at radius 3 is 2.81 bits per heavy atom. The molecule has 80 valence electrons. The van der Waals surface area contributed by atoms with Crippen molar-refractivity contribution in [2.24, 2.45) is 0 Å².